The summed E-state index contributed by atoms with van der Waals surface area (Å²) in [6, 6.07) is 10.3. The molecule has 5 rings (SSSR count). The highest BCUT2D eigenvalue weighted by Gasteiger charge is 2.34. The number of nitrogens with one attached hydrogen (secondary N) is 3. The molecule has 0 fully saturated rings. The zero-order valence-corrected chi connectivity index (χ0v) is 23.4. The van der Waals surface area contributed by atoms with Gasteiger partial charge in [-0.2, -0.15) is 4.98 Å². The SMILES string of the molecule is Cc1ccc(C(=O)Nc2ccc(F)c(F)c2)cc1-c1nc(NCCN(C)C)nc2c1CNC(=O)N2c1c(F)cccc1F. The van der Waals surface area contributed by atoms with Crippen LogP contribution in [0.4, 0.5) is 45.5 Å². The minimum atomic E-state index is -1.11. The van der Waals surface area contributed by atoms with E-state index < -0.39 is 40.9 Å². The number of hydrogen-bond acceptors (Lipinski definition) is 6. The van der Waals surface area contributed by atoms with Crippen LogP contribution >= 0.6 is 0 Å². The molecule has 9 nitrogen and oxygen atoms in total. The molecule has 3 amide bonds. The molecule has 0 bridgehead atoms. The van der Waals surface area contributed by atoms with Gasteiger partial charge in [0.2, 0.25) is 5.95 Å². The zero-order valence-electron chi connectivity index (χ0n) is 23.4. The maximum Gasteiger partial charge on any atom is 0.328 e. The summed E-state index contributed by atoms with van der Waals surface area (Å²) in [5.74, 6) is -4.60. The molecule has 1 aliphatic heterocycles. The minimum Gasteiger partial charge on any atom is -0.353 e. The summed E-state index contributed by atoms with van der Waals surface area (Å²) in [6.07, 6.45) is 0. The van der Waals surface area contributed by atoms with Gasteiger partial charge in [0.05, 0.1) is 12.2 Å². The van der Waals surface area contributed by atoms with E-state index in [2.05, 4.69) is 25.9 Å². The Hall–Kier alpha value is -5.04. The van der Waals surface area contributed by atoms with Crippen LogP contribution in [0.15, 0.2) is 54.6 Å². The molecule has 0 radical (unpaired) electrons. The molecule has 3 N–H and O–H groups in total. The minimum absolute atomic E-state index is 0.0267. The number of carbonyl (C=O) groups is 2. The van der Waals surface area contributed by atoms with Crippen molar-refractivity contribution in [1.29, 1.82) is 0 Å². The van der Waals surface area contributed by atoms with Crippen molar-refractivity contribution in [3.63, 3.8) is 0 Å². The summed E-state index contributed by atoms with van der Waals surface area (Å²) in [5.41, 5.74) is 1.50. The molecule has 222 valence electrons. The second kappa shape index (κ2) is 12.1. The molecule has 0 saturated carbocycles. The van der Waals surface area contributed by atoms with Crippen LogP contribution in [0, 0.1) is 30.2 Å². The highest BCUT2D eigenvalue weighted by Crippen LogP contribution is 2.39. The Morgan fingerprint density at radius 2 is 1.72 bits per heavy atom. The number of urea groups is 1. The fourth-order valence-electron chi connectivity index (χ4n) is 4.56. The van der Waals surface area contributed by atoms with E-state index in [1.807, 2.05) is 19.0 Å². The summed E-state index contributed by atoms with van der Waals surface area (Å²) < 4.78 is 56.9. The second-order valence-corrected chi connectivity index (χ2v) is 10.1. The van der Waals surface area contributed by atoms with Crippen molar-refractivity contribution in [2.75, 3.05) is 42.7 Å². The number of halogens is 4. The van der Waals surface area contributed by atoms with Gasteiger partial charge < -0.3 is 20.9 Å². The lowest BCUT2D eigenvalue weighted by atomic mass is 9.97. The predicted molar refractivity (Wildman–Crippen MR) is 154 cm³/mol. The number of aryl methyl sites for hydroxylation is 1. The summed E-state index contributed by atoms with van der Waals surface area (Å²) in [7, 11) is 3.77. The first kappa shape index (κ1) is 29.5. The van der Waals surface area contributed by atoms with Gasteiger partial charge in [0.1, 0.15) is 17.3 Å². The number of nitrogens with zero attached hydrogens (tertiary/aromatic N) is 4. The first-order valence-corrected chi connectivity index (χ1v) is 13.2. The van der Waals surface area contributed by atoms with Crippen LogP contribution in [-0.4, -0.2) is 54.0 Å². The van der Waals surface area contributed by atoms with Crippen molar-refractivity contribution in [3.05, 3.63) is 94.6 Å². The van der Waals surface area contributed by atoms with Crippen molar-refractivity contribution in [2.45, 2.75) is 13.5 Å². The molecule has 1 aliphatic rings. The lowest BCUT2D eigenvalue weighted by Crippen LogP contribution is -2.43. The van der Waals surface area contributed by atoms with Crippen LogP contribution in [0.25, 0.3) is 11.3 Å². The van der Waals surface area contributed by atoms with Gasteiger partial charge >= 0.3 is 6.03 Å². The van der Waals surface area contributed by atoms with Crippen LogP contribution in [0.2, 0.25) is 0 Å². The van der Waals surface area contributed by atoms with Gasteiger partial charge in [-0.1, -0.05) is 12.1 Å². The Morgan fingerprint density at radius 3 is 2.42 bits per heavy atom. The Labute approximate surface area is 244 Å². The van der Waals surface area contributed by atoms with Gasteiger partial charge in [0.25, 0.3) is 5.91 Å². The van der Waals surface area contributed by atoms with E-state index in [0.717, 1.165) is 29.2 Å². The van der Waals surface area contributed by atoms with Gasteiger partial charge in [-0.15, -0.1) is 0 Å². The molecule has 0 saturated heterocycles. The molecule has 0 spiro atoms. The van der Waals surface area contributed by atoms with Crippen molar-refractivity contribution >= 4 is 35.1 Å². The van der Waals surface area contributed by atoms with E-state index in [1.54, 1.807) is 25.1 Å². The van der Waals surface area contributed by atoms with Crippen LogP contribution in [-0.2, 0) is 6.54 Å². The lowest BCUT2D eigenvalue weighted by Gasteiger charge is -2.31. The normalized spacial score (nSPS) is 12.7. The molecular formula is C30H27F4N7O2. The van der Waals surface area contributed by atoms with Crippen LogP contribution in [0.1, 0.15) is 21.5 Å². The average molecular weight is 594 g/mol. The third-order valence-corrected chi connectivity index (χ3v) is 6.75. The number of aromatic nitrogens is 2. The number of rotatable bonds is 8. The molecule has 13 heteroatoms. The number of benzene rings is 3. The molecule has 2 heterocycles. The van der Waals surface area contributed by atoms with E-state index in [0.29, 0.717) is 35.5 Å². The smallest absolute Gasteiger partial charge is 0.328 e. The van der Waals surface area contributed by atoms with Crippen LogP contribution in [0.5, 0.6) is 0 Å². The maximum atomic E-state index is 14.9. The van der Waals surface area contributed by atoms with Gasteiger partial charge in [0, 0.05) is 41.5 Å². The summed E-state index contributed by atoms with van der Waals surface area (Å²) in [6.45, 7) is 2.76. The Kier molecular flexibility index (Phi) is 8.26. The lowest BCUT2D eigenvalue weighted by molar-refractivity contribution is 0.102. The number of amides is 3. The Balaban J connectivity index is 1.62. The monoisotopic (exact) mass is 593 g/mol. The maximum absolute atomic E-state index is 14.9. The van der Waals surface area contributed by atoms with Gasteiger partial charge in [-0.05, 0) is 63.0 Å². The Bertz CT molecular complexity index is 1710. The predicted octanol–water partition coefficient (Wildman–Crippen LogP) is 5.60. The average Bonchev–Trinajstić information content (AvgIpc) is 2.95. The van der Waals surface area contributed by atoms with E-state index in [1.165, 1.54) is 12.1 Å². The summed E-state index contributed by atoms with van der Waals surface area (Å²) >= 11 is 0. The molecular weight excluding hydrogens is 566 g/mol. The fourth-order valence-corrected chi connectivity index (χ4v) is 4.56. The van der Waals surface area contributed by atoms with Crippen molar-refractivity contribution in [1.82, 2.24) is 20.2 Å². The molecule has 1 aromatic heterocycles. The summed E-state index contributed by atoms with van der Waals surface area (Å²) in [5, 5.41) is 8.27. The quantitative estimate of drug-likeness (QED) is 0.230. The molecule has 0 unspecified atom stereocenters. The fraction of sp³-hybridized carbons (Fsp3) is 0.200. The number of anilines is 4. The van der Waals surface area contributed by atoms with E-state index in [9.17, 15) is 27.2 Å². The highest BCUT2D eigenvalue weighted by molar-refractivity contribution is 6.05. The second-order valence-electron chi connectivity index (χ2n) is 10.1. The van der Waals surface area contributed by atoms with E-state index >= 15 is 0 Å². The molecule has 0 aliphatic carbocycles. The van der Waals surface area contributed by atoms with Gasteiger partial charge in [0.15, 0.2) is 17.5 Å². The molecule has 3 aromatic carbocycles. The van der Waals surface area contributed by atoms with Crippen molar-refractivity contribution in [2.24, 2.45) is 0 Å². The van der Waals surface area contributed by atoms with E-state index in [4.69, 9.17) is 0 Å². The number of likely N-dealkylation sites (N-methyl/N-ethyl adjacent to an activating group) is 1. The first-order chi connectivity index (χ1) is 20.5. The first-order valence-electron chi connectivity index (χ1n) is 13.2. The standard InChI is InChI=1S/C30H27F4N7O2/c1-16-7-8-17(28(42)37-18-9-10-21(31)24(34)14-18)13-19(16)25-20-15-36-30(43)41(26-22(32)5-4-6-23(26)33)27(20)39-29(38-25)35-11-12-40(2)3/h4-10,13-14H,11-12,15H2,1-3H3,(H,36,43)(H,37,42)(H,35,38,39). The third kappa shape index (κ3) is 6.11. The zero-order chi connectivity index (χ0) is 30.8. The molecule has 4 aromatic rings. The molecule has 0 atom stereocenters. The van der Waals surface area contributed by atoms with Crippen LogP contribution in [0.3, 0.4) is 0 Å². The number of carbonyl (C=O) groups excluding carboxylic acids is 2. The van der Waals surface area contributed by atoms with Gasteiger partial charge in [-0.3, -0.25) is 4.79 Å². The molecule has 43 heavy (non-hydrogen) atoms. The number of hydrogen-bond donors (Lipinski definition) is 3. The van der Waals surface area contributed by atoms with E-state index in [-0.39, 0.29) is 29.6 Å². The largest absolute Gasteiger partial charge is 0.353 e. The van der Waals surface area contributed by atoms with Crippen molar-refractivity contribution < 1.29 is 27.2 Å². The topological polar surface area (TPSA) is 102 Å². The third-order valence-electron chi connectivity index (χ3n) is 6.75. The van der Waals surface area contributed by atoms with Crippen molar-refractivity contribution in [3.8, 4) is 11.3 Å². The number of para-hydroxylation sites is 1. The number of fused-ring (bicyclic) bond motifs is 1. The summed E-state index contributed by atoms with van der Waals surface area (Å²) in [4.78, 5) is 38.1. The van der Waals surface area contributed by atoms with Crippen LogP contribution < -0.4 is 20.9 Å². The highest BCUT2D eigenvalue weighted by atomic mass is 19.2. The van der Waals surface area contributed by atoms with Gasteiger partial charge in [-0.25, -0.2) is 32.2 Å². The Morgan fingerprint density at radius 1 is 0.977 bits per heavy atom.